The maximum absolute atomic E-state index is 12.6. The molecule has 0 saturated heterocycles. The predicted octanol–water partition coefficient (Wildman–Crippen LogP) is 4.00. The Hall–Kier alpha value is -2.09. The monoisotopic (exact) mass is 424 g/mol. The number of halogens is 1. The number of anilines is 1. The molecule has 0 aliphatic rings. The quantitative estimate of drug-likeness (QED) is 0.694. The third-order valence-electron chi connectivity index (χ3n) is 4.35. The van der Waals surface area contributed by atoms with Gasteiger partial charge in [-0.1, -0.05) is 43.6 Å². The van der Waals surface area contributed by atoms with Crippen molar-refractivity contribution in [1.82, 2.24) is 4.31 Å². The van der Waals surface area contributed by atoms with E-state index < -0.39 is 10.0 Å². The molecule has 0 fully saturated rings. The van der Waals surface area contributed by atoms with E-state index in [1.807, 2.05) is 32.0 Å². The first-order chi connectivity index (χ1) is 13.2. The van der Waals surface area contributed by atoms with Crippen LogP contribution in [0.15, 0.2) is 41.3 Å². The van der Waals surface area contributed by atoms with Crippen molar-refractivity contribution < 1.29 is 17.9 Å². The molecule has 0 bridgehead atoms. The SMILES string of the molecule is CCN(CC)S(=O)(=O)c1ccc(OCC(=O)Nc2c(C)cccc2C)c(Cl)c1. The Morgan fingerprint density at radius 1 is 1.11 bits per heavy atom. The van der Waals surface area contributed by atoms with Crippen molar-refractivity contribution in [1.29, 1.82) is 0 Å². The number of sulfonamides is 1. The fourth-order valence-electron chi connectivity index (χ4n) is 2.80. The van der Waals surface area contributed by atoms with Crippen LogP contribution < -0.4 is 10.1 Å². The largest absolute Gasteiger partial charge is 0.482 e. The van der Waals surface area contributed by atoms with E-state index in [0.29, 0.717) is 13.1 Å². The fourth-order valence-corrected chi connectivity index (χ4v) is 4.59. The summed E-state index contributed by atoms with van der Waals surface area (Å²) in [6.07, 6.45) is 0. The Morgan fingerprint density at radius 3 is 2.25 bits per heavy atom. The molecule has 28 heavy (non-hydrogen) atoms. The van der Waals surface area contributed by atoms with Crippen molar-refractivity contribution >= 4 is 33.2 Å². The molecule has 1 N–H and O–H groups in total. The van der Waals surface area contributed by atoms with E-state index in [0.717, 1.165) is 16.8 Å². The molecule has 0 saturated carbocycles. The van der Waals surface area contributed by atoms with Gasteiger partial charge in [0.15, 0.2) is 6.61 Å². The summed E-state index contributed by atoms with van der Waals surface area (Å²) in [6, 6.07) is 9.98. The zero-order chi connectivity index (χ0) is 20.9. The van der Waals surface area contributed by atoms with E-state index in [1.165, 1.54) is 22.5 Å². The number of ether oxygens (including phenoxy) is 1. The minimum absolute atomic E-state index is 0.0912. The van der Waals surface area contributed by atoms with Crippen LogP contribution in [0.25, 0.3) is 0 Å². The third-order valence-corrected chi connectivity index (χ3v) is 6.69. The highest BCUT2D eigenvalue weighted by Gasteiger charge is 2.22. The predicted molar refractivity (Wildman–Crippen MR) is 112 cm³/mol. The molecule has 2 aromatic rings. The lowest BCUT2D eigenvalue weighted by Crippen LogP contribution is -2.30. The van der Waals surface area contributed by atoms with Crippen molar-refractivity contribution in [3.63, 3.8) is 0 Å². The first-order valence-electron chi connectivity index (χ1n) is 8.99. The lowest BCUT2D eigenvalue weighted by molar-refractivity contribution is -0.118. The number of benzene rings is 2. The minimum Gasteiger partial charge on any atom is -0.482 e. The molecule has 8 heteroatoms. The number of rotatable bonds is 8. The number of nitrogens with zero attached hydrogens (tertiary/aromatic N) is 1. The van der Waals surface area contributed by atoms with Crippen LogP contribution in [0.5, 0.6) is 5.75 Å². The number of aryl methyl sites for hydroxylation is 2. The summed E-state index contributed by atoms with van der Waals surface area (Å²) >= 11 is 6.18. The van der Waals surface area contributed by atoms with E-state index in [9.17, 15) is 13.2 Å². The molecule has 2 aromatic carbocycles. The van der Waals surface area contributed by atoms with Gasteiger partial charge in [0, 0.05) is 18.8 Å². The maximum Gasteiger partial charge on any atom is 0.262 e. The van der Waals surface area contributed by atoms with Crippen LogP contribution in [0.4, 0.5) is 5.69 Å². The van der Waals surface area contributed by atoms with E-state index in [2.05, 4.69) is 5.32 Å². The maximum atomic E-state index is 12.6. The van der Waals surface area contributed by atoms with Crippen molar-refractivity contribution in [3.05, 3.63) is 52.5 Å². The Bertz CT molecular complexity index is 936. The topological polar surface area (TPSA) is 75.7 Å². The van der Waals surface area contributed by atoms with Gasteiger partial charge in [0.25, 0.3) is 5.91 Å². The molecule has 0 aliphatic carbocycles. The number of hydrogen-bond acceptors (Lipinski definition) is 4. The molecule has 0 unspecified atom stereocenters. The van der Waals surface area contributed by atoms with Gasteiger partial charge >= 0.3 is 0 Å². The van der Waals surface area contributed by atoms with Gasteiger partial charge in [-0.3, -0.25) is 4.79 Å². The van der Waals surface area contributed by atoms with Gasteiger partial charge in [-0.05, 0) is 43.2 Å². The summed E-state index contributed by atoms with van der Waals surface area (Å²) in [6.45, 7) is 7.87. The Labute approximate surface area is 171 Å². The molecule has 0 atom stereocenters. The summed E-state index contributed by atoms with van der Waals surface area (Å²) < 4.78 is 31.9. The van der Waals surface area contributed by atoms with Crippen molar-refractivity contribution in [2.24, 2.45) is 0 Å². The number of amides is 1. The number of hydrogen-bond donors (Lipinski definition) is 1. The van der Waals surface area contributed by atoms with E-state index in [-0.39, 0.29) is 28.2 Å². The molecule has 0 radical (unpaired) electrons. The van der Waals surface area contributed by atoms with Crippen LogP contribution in [0.2, 0.25) is 5.02 Å². The van der Waals surface area contributed by atoms with Gasteiger partial charge < -0.3 is 10.1 Å². The van der Waals surface area contributed by atoms with Crippen LogP contribution in [0.1, 0.15) is 25.0 Å². The number of para-hydroxylation sites is 1. The summed E-state index contributed by atoms with van der Waals surface area (Å²) in [5.74, 6) is -0.0786. The molecule has 6 nitrogen and oxygen atoms in total. The number of carbonyl (C=O) groups excluding carboxylic acids is 1. The number of nitrogens with one attached hydrogen (secondary N) is 1. The second-order valence-corrected chi connectivity index (χ2v) is 8.63. The molecule has 1 amide bonds. The van der Waals surface area contributed by atoms with E-state index in [4.69, 9.17) is 16.3 Å². The third kappa shape index (κ3) is 5.04. The van der Waals surface area contributed by atoms with Gasteiger partial charge in [-0.25, -0.2) is 8.42 Å². The molecule has 0 aliphatic heterocycles. The lowest BCUT2D eigenvalue weighted by Gasteiger charge is -2.19. The fraction of sp³-hybridized carbons (Fsp3) is 0.350. The average molecular weight is 425 g/mol. The molecular weight excluding hydrogens is 400 g/mol. The summed E-state index contributed by atoms with van der Waals surface area (Å²) in [4.78, 5) is 12.3. The van der Waals surface area contributed by atoms with Crippen LogP contribution in [0, 0.1) is 13.8 Å². The highest BCUT2D eigenvalue weighted by atomic mass is 35.5. The molecule has 152 valence electrons. The zero-order valence-corrected chi connectivity index (χ0v) is 18.0. The van der Waals surface area contributed by atoms with Gasteiger partial charge in [-0.2, -0.15) is 4.31 Å². The zero-order valence-electron chi connectivity index (χ0n) is 16.5. The van der Waals surface area contributed by atoms with E-state index in [1.54, 1.807) is 13.8 Å². The second-order valence-electron chi connectivity index (χ2n) is 6.29. The highest BCUT2D eigenvalue weighted by Crippen LogP contribution is 2.29. The Kier molecular flexibility index (Phi) is 7.46. The van der Waals surface area contributed by atoms with Crippen LogP contribution in [0.3, 0.4) is 0 Å². The van der Waals surface area contributed by atoms with Gasteiger partial charge in [0.1, 0.15) is 5.75 Å². The molecular formula is C20H25ClN2O4S. The minimum atomic E-state index is -3.61. The van der Waals surface area contributed by atoms with E-state index >= 15 is 0 Å². The highest BCUT2D eigenvalue weighted by molar-refractivity contribution is 7.89. The van der Waals surface area contributed by atoms with Crippen LogP contribution >= 0.6 is 11.6 Å². The summed E-state index contributed by atoms with van der Waals surface area (Å²) in [5.41, 5.74) is 2.66. The average Bonchev–Trinajstić information content (AvgIpc) is 2.64. The summed E-state index contributed by atoms with van der Waals surface area (Å²) in [7, 11) is -3.61. The molecule has 0 aromatic heterocycles. The normalized spacial score (nSPS) is 11.5. The second kappa shape index (κ2) is 9.41. The van der Waals surface area contributed by atoms with Crippen LogP contribution in [-0.4, -0.2) is 38.3 Å². The molecule has 0 spiro atoms. The number of carbonyl (C=O) groups is 1. The van der Waals surface area contributed by atoms with Crippen LogP contribution in [-0.2, 0) is 14.8 Å². The summed E-state index contributed by atoms with van der Waals surface area (Å²) in [5, 5.41) is 2.96. The van der Waals surface area contributed by atoms with Crippen molar-refractivity contribution in [3.8, 4) is 5.75 Å². The Morgan fingerprint density at radius 2 is 1.71 bits per heavy atom. The standard InChI is InChI=1S/C20H25ClN2O4S/c1-5-23(6-2)28(25,26)16-10-11-18(17(21)12-16)27-13-19(24)22-20-14(3)8-7-9-15(20)4/h7-12H,5-6,13H2,1-4H3,(H,22,24). The van der Waals surface area contributed by atoms with Crippen molar-refractivity contribution in [2.45, 2.75) is 32.6 Å². The van der Waals surface area contributed by atoms with Crippen molar-refractivity contribution in [2.75, 3.05) is 25.0 Å². The van der Waals surface area contributed by atoms with Gasteiger partial charge in [0.2, 0.25) is 10.0 Å². The van der Waals surface area contributed by atoms with Gasteiger partial charge in [0.05, 0.1) is 9.92 Å². The van der Waals surface area contributed by atoms with Gasteiger partial charge in [-0.15, -0.1) is 0 Å². The Balaban J connectivity index is 2.08. The molecule has 0 heterocycles. The smallest absolute Gasteiger partial charge is 0.262 e. The molecule has 2 rings (SSSR count). The first-order valence-corrected chi connectivity index (χ1v) is 10.8. The lowest BCUT2D eigenvalue weighted by atomic mass is 10.1. The first kappa shape index (κ1) is 22.2.